The predicted octanol–water partition coefficient (Wildman–Crippen LogP) is 4.14. The van der Waals surface area contributed by atoms with Gasteiger partial charge in [0.2, 0.25) is 11.6 Å². The fourth-order valence-corrected chi connectivity index (χ4v) is 6.15. The Balaban J connectivity index is 1.36. The maximum absolute atomic E-state index is 13.7. The zero-order chi connectivity index (χ0) is 25.4. The van der Waals surface area contributed by atoms with Gasteiger partial charge in [0.05, 0.1) is 28.2 Å². The maximum Gasteiger partial charge on any atom is 0.446 e. The number of benzene rings is 2. The molecule has 0 spiro atoms. The van der Waals surface area contributed by atoms with E-state index in [4.69, 9.17) is 13.9 Å². The molecule has 3 N–H and O–H groups in total. The topological polar surface area (TPSA) is 152 Å². The molecule has 5 rings (SSSR count). The quantitative estimate of drug-likeness (QED) is 0.288. The minimum atomic E-state index is -3.17. The molecule has 1 atom stereocenters. The molecule has 12 nitrogen and oxygen atoms in total. The molecule has 2 aromatic heterocycles. The first-order chi connectivity index (χ1) is 17.3. The predicted molar refractivity (Wildman–Crippen MR) is 133 cm³/mol. The number of anilines is 2. The molecule has 0 amide bonds. The largest absolute Gasteiger partial charge is 0.497 e. The molecule has 1 unspecified atom stereocenters. The van der Waals surface area contributed by atoms with Gasteiger partial charge in [-0.25, -0.2) is 18.4 Å². The van der Waals surface area contributed by atoms with Gasteiger partial charge in [0.15, 0.2) is 5.69 Å². The smallest absolute Gasteiger partial charge is 0.446 e. The minimum Gasteiger partial charge on any atom is -0.497 e. The van der Waals surface area contributed by atoms with Crippen molar-refractivity contribution in [1.29, 1.82) is 0 Å². The molecule has 3 heterocycles. The number of aromatic nitrogens is 4. The molecular weight excluding hydrogens is 563 g/mol. The standard InChI is InChI=1S/C21H20BrFN6O6S/c1-33-14-5-2-12(3-6-14)28-9-8-15(36(28,31)32)11-24-19-18(25-35-26-19)20-27-34-21(30)29(20)13-4-7-17(23)16(22)10-13/h2-7,10,15,31-32H,8-9,11H2,1H3,(H,24,26). The number of hydrogen-bond donors (Lipinski definition) is 3. The highest BCUT2D eigenvalue weighted by atomic mass is 79.9. The Morgan fingerprint density at radius 1 is 1.19 bits per heavy atom. The average Bonchev–Trinajstić information content (AvgIpc) is 3.56. The third-order valence-corrected chi connectivity index (χ3v) is 8.70. The lowest BCUT2D eigenvalue weighted by Crippen LogP contribution is -2.29. The summed E-state index contributed by atoms with van der Waals surface area (Å²) in [5, 5.41) is 13.9. The zero-order valence-corrected chi connectivity index (χ0v) is 21.1. The van der Waals surface area contributed by atoms with Gasteiger partial charge < -0.3 is 10.1 Å². The van der Waals surface area contributed by atoms with Gasteiger partial charge in [-0.3, -0.25) is 17.9 Å². The Hall–Kier alpha value is -3.40. The summed E-state index contributed by atoms with van der Waals surface area (Å²) in [6.07, 6.45) is 0.500. The van der Waals surface area contributed by atoms with E-state index in [-0.39, 0.29) is 34.0 Å². The van der Waals surface area contributed by atoms with Crippen molar-refractivity contribution in [2.24, 2.45) is 0 Å². The second-order valence-corrected chi connectivity index (χ2v) is 10.9. The van der Waals surface area contributed by atoms with Crippen LogP contribution in [0.3, 0.4) is 0 Å². The van der Waals surface area contributed by atoms with Crippen LogP contribution in [0, 0.1) is 5.82 Å². The van der Waals surface area contributed by atoms with Gasteiger partial charge in [-0.2, -0.15) is 0 Å². The summed E-state index contributed by atoms with van der Waals surface area (Å²) in [7, 11) is -1.61. The molecule has 2 aromatic carbocycles. The Labute approximate surface area is 213 Å². The minimum absolute atomic E-state index is 0.0276. The van der Waals surface area contributed by atoms with Crippen molar-refractivity contribution in [3.05, 3.63) is 63.3 Å². The Morgan fingerprint density at radius 3 is 2.67 bits per heavy atom. The van der Waals surface area contributed by atoms with Gasteiger partial charge in [0, 0.05) is 13.1 Å². The van der Waals surface area contributed by atoms with Gasteiger partial charge in [-0.15, -0.1) is 10.8 Å². The van der Waals surface area contributed by atoms with Crippen LogP contribution in [0.4, 0.5) is 15.9 Å². The van der Waals surface area contributed by atoms with Crippen molar-refractivity contribution in [2.75, 3.05) is 29.8 Å². The van der Waals surface area contributed by atoms with Gasteiger partial charge >= 0.3 is 5.76 Å². The number of ether oxygens (including phenoxy) is 1. The van der Waals surface area contributed by atoms with Crippen molar-refractivity contribution in [3.63, 3.8) is 0 Å². The highest BCUT2D eigenvalue weighted by Gasteiger charge is 2.39. The number of nitrogens with one attached hydrogen (secondary N) is 1. The van der Waals surface area contributed by atoms with E-state index in [9.17, 15) is 18.3 Å². The number of halogens is 2. The molecular formula is C21H20BrFN6O6S. The molecule has 1 saturated heterocycles. The molecule has 15 heteroatoms. The van der Waals surface area contributed by atoms with Crippen LogP contribution in [0.2, 0.25) is 0 Å². The Bertz CT molecular complexity index is 1440. The lowest BCUT2D eigenvalue weighted by molar-refractivity contribution is 0.309. The summed E-state index contributed by atoms with van der Waals surface area (Å²) >= 11 is 3.09. The van der Waals surface area contributed by atoms with Crippen LogP contribution in [-0.2, 0) is 0 Å². The molecule has 1 aliphatic rings. The number of rotatable bonds is 7. The van der Waals surface area contributed by atoms with Crippen LogP contribution in [0.1, 0.15) is 6.42 Å². The normalized spacial score (nSPS) is 17.8. The van der Waals surface area contributed by atoms with Crippen LogP contribution in [0.5, 0.6) is 5.75 Å². The highest BCUT2D eigenvalue weighted by molar-refractivity contribution is 9.10. The summed E-state index contributed by atoms with van der Waals surface area (Å²) in [5.41, 5.74) is 1.00. The zero-order valence-electron chi connectivity index (χ0n) is 18.7. The van der Waals surface area contributed by atoms with Gasteiger partial charge in [0.1, 0.15) is 11.6 Å². The summed E-state index contributed by atoms with van der Waals surface area (Å²) in [6.45, 7) is 0.563. The van der Waals surface area contributed by atoms with Crippen LogP contribution >= 0.6 is 26.7 Å². The van der Waals surface area contributed by atoms with Crippen molar-refractivity contribution in [3.8, 4) is 23.0 Å². The van der Waals surface area contributed by atoms with Crippen LogP contribution < -0.4 is 20.1 Å². The average molecular weight is 583 g/mol. The second-order valence-electron chi connectivity index (χ2n) is 7.82. The Morgan fingerprint density at radius 2 is 1.94 bits per heavy atom. The monoisotopic (exact) mass is 582 g/mol. The first kappa shape index (κ1) is 24.3. The van der Waals surface area contributed by atoms with E-state index in [1.165, 1.54) is 18.2 Å². The highest BCUT2D eigenvalue weighted by Crippen LogP contribution is 2.56. The van der Waals surface area contributed by atoms with E-state index in [1.54, 1.807) is 35.7 Å². The molecule has 0 bridgehead atoms. The summed E-state index contributed by atoms with van der Waals surface area (Å²) in [5.74, 6) is -0.568. The first-order valence-corrected chi connectivity index (χ1v) is 13.0. The van der Waals surface area contributed by atoms with E-state index in [1.807, 2.05) is 0 Å². The fourth-order valence-electron chi connectivity index (χ4n) is 3.89. The number of methoxy groups -OCH3 is 1. The van der Waals surface area contributed by atoms with E-state index in [2.05, 4.69) is 36.7 Å². The molecule has 1 aliphatic heterocycles. The van der Waals surface area contributed by atoms with Crippen molar-refractivity contribution < 1.29 is 27.4 Å². The van der Waals surface area contributed by atoms with Crippen molar-refractivity contribution >= 4 is 38.2 Å². The van der Waals surface area contributed by atoms with Crippen LogP contribution in [0.15, 0.2) is 60.9 Å². The molecule has 36 heavy (non-hydrogen) atoms. The SMILES string of the molecule is COc1ccc(N2CCC(CNc3nonc3-c3noc(=O)n3-c3ccc(F)c(Br)c3)S2(O)O)cc1. The molecule has 1 fully saturated rings. The van der Waals surface area contributed by atoms with Gasteiger partial charge in [0.25, 0.3) is 0 Å². The van der Waals surface area contributed by atoms with Gasteiger partial charge in [-0.05, 0) is 75.1 Å². The maximum atomic E-state index is 13.7. The fraction of sp³-hybridized carbons (Fsp3) is 0.238. The van der Waals surface area contributed by atoms with E-state index >= 15 is 0 Å². The Kier molecular flexibility index (Phi) is 6.46. The van der Waals surface area contributed by atoms with Gasteiger partial charge in [-0.1, -0.05) is 5.16 Å². The van der Waals surface area contributed by atoms with Crippen LogP contribution in [0.25, 0.3) is 17.2 Å². The van der Waals surface area contributed by atoms with E-state index in [0.717, 1.165) is 4.57 Å². The van der Waals surface area contributed by atoms with Crippen molar-refractivity contribution in [2.45, 2.75) is 11.7 Å². The molecule has 190 valence electrons. The van der Waals surface area contributed by atoms with E-state index < -0.39 is 27.6 Å². The first-order valence-electron chi connectivity index (χ1n) is 10.6. The number of hydrogen-bond acceptors (Lipinski definition) is 11. The summed E-state index contributed by atoms with van der Waals surface area (Å²) in [4.78, 5) is 12.4. The molecule has 4 aromatic rings. The van der Waals surface area contributed by atoms with Crippen LogP contribution in [-0.4, -0.2) is 54.6 Å². The third kappa shape index (κ3) is 4.34. The molecule has 0 aliphatic carbocycles. The third-order valence-electron chi connectivity index (χ3n) is 5.75. The number of nitrogens with zero attached hydrogens (tertiary/aromatic N) is 5. The lowest BCUT2D eigenvalue weighted by atomic mass is 10.2. The second kappa shape index (κ2) is 9.57. The molecule has 0 saturated carbocycles. The lowest BCUT2D eigenvalue weighted by Gasteiger charge is -2.42. The molecule has 0 radical (unpaired) electrons. The summed E-state index contributed by atoms with van der Waals surface area (Å²) < 4.78 is 53.3. The summed E-state index contributed by atoms with van der Waals surface area (Å²) in [6, 6.07) is 11.0. The van der Waals surface area contributed by atoms with Crippen molar-refractivity contribution in [1.82, 2.24) is 20.0 Å². The van der Waals surface area contributed by atoms with E-state index in [0.29, 0.717) is 24.4 Å².